The molecule has 0 spiro atoms. The molecule has 0 aromatic heterocycles. The first kappa shape index (κ1) is 13.0. The molecule has 1 aliphatic heterocycles. The van der Waals surface area contributed by atoms with Crippen LogP contribution in [0.1, 0.15) is 23.7 Å². The largest absolute Gasteiger partial charge is 0.486 e. The van der Waals surface area contributed by atoms with E-state index >= 15 is 0 Å². The number of hydrogen-bond acceptors (Lipinski definition) is 4. The van der Waals surface area contributed by atoms with Crippen molar-refractivity contribution in [1.29, 1.82) is 0 Å². The molecule has 2 rings (SSSR count). The minimum absolute atomic E-state index is 0.176. The summed E-state index contributed by atoms with van der Waals surface area (Å²) in [5, 5.41) is 12.7. The molecule has 1 unspecified atom stereocenters. The van der Waals surface area contributed by atoms with Crippen LogP contribution in [0.15, 0.2) is 12.1 Å². The number of nitrogens with one attached hydrogen (secondary N) is 1. The van der Waals surface area contributed by atoms with Crippen molar-refractivity contribution in [3.05, 3.63) is 23.3 Å². The fourth-order valence-corrected chi connectivity index (χ4v) is 1.88. The van der Waals surface area contributed by atoms with Gasteiger partial charge in [-0.15, -0.1) is 0 Å². The molecule has 0 saturated carbocycles. The van der Waals surface area contributed by atoms with E-state index in [0.717, 1.165) is 0 Å². The molecule has 1 heterocycles. The fraction of sp³-hybridized carbons (Fsp3) is 0.500. The predicted molar refractivity (Wildman–Crippen MR) is 61.3 cm³/mol. The Morgan fingerprint density at radius 2 is 2.06 bits per heavy atom. The van der Waals surface area contributed by atoms with Crippen molar-refractivity contribution in [3.63, 3.8) is 0 Å². The Labute approximate surface area is 104 Å². The highest BCUT2D eigenvalue weighted by molar-refractivity contribution is 5.51. The number of aliphatic hydroxyl groups excluding tert-OH is 1. The minimum atomic E-state index is -2.61. The molecule has 0 radical (unpaired) electrons. The molecular formula is C12H15F2NO3. The van der Waals surface area contributed by atoms with Crippen LogP contribution in [0.2, 0.25) is 0 Å². The standard InChI is InChI=1S/C12H15F2NO3/c1-15-6-9(16)8-4-7(12(13)14)5-10-11(8)18-3-2-17-10/h4-5,9,12,15-16H,2-3,6H2,1H3. The van der Waals surface area contributed by atoms with Crippen LogP contribution in [-0.4, -0.2) is 31.9 Å². The van der Waals surface area contributed by atoms with E-state index in [1.165, 1.54) is 12.1 Å². The van der Waals surface area contributed by atoms with Crippen molar-refractivity contribution in [2.24, 2.45) is 0 Å². The first-order valence-electron chi connectivity index (χ1n) is 5.67. The van der Waals surface area contributed by atoms with Crippen molar-refractivity contribution in [1.82, 2.24) is 5.32 Å². The molecule has 2 N–H and O–H groups in total. The van der Waals surface area contributed by atoms with Crippen LogP contribution in [0.5, 0.6) is 11.5 Å². The number of hydrogen-bond donors (Lipinski definition) is 2. The highest BCUT2D eigenvalue weighted by atomic mass is 19.3. The number of aliphatic hydroxyl groups is 1. The van der Waals surface area contributed by atoms with Gasteiger partial charge in [-0.3, -0.25) is 0 Å². The molecule has 1 atom stereocenters. The third-order valence-electron chi connectivity index (χ3n) is 2.70. The normalized spacial score (nSPS) is 15.8. The Balaban J connectivity index is 2.44. The van der Waals surface area contributed by atoms with Crippen LogP contribution in [0.3, 0.4) is 0 Å². The Morgan fingerprint density at radius 3 is 2.72 bits per heavy atom. The average molecular weight is 259 g/mol. The van der Waals surface area contributed by atoms with Gasteiger partial charge in [0.25, 0.3) is 6.43 Å². The molecule has 0 aliphatic carbocycles. The minimum Gasteiger partial charge on any atom is -0.486 e. The van der Waals surface area contributed by atoms with Crippen LogP contribution >= 0.6 is 0 Å². The van der Waals surface area contributed by atoms with Gasteiger partial charge in [0.15, 0.2) is 11.5 Å². The second-order valence-corrected chi connectivity index (χ2v) is 4.01. The van der Waals surface area contributed by atoms with Crippen LogP contribution in [0.4, 0.5) is 8.78 Å². The van der Waals surface area contributed by atoms with E-state index in [-0.39, 0.29) is 17.9 Å². The number of alkyl halides is 2. The zero-order valence-electron chi connectivity index (χ0n) is 9.95. The lowest BCUT2D eigenvalue weighted by Gasteiger charge is -2.24. The molecule has 1 aliphatic rings. The summed E-state index contributed by atoms with van der Waals surface area (Å²) in [6, 6.07) is 2.52. The maximum absolute atomic E-state index is 12.8. The molecular weight excluding hydrogens is 244 g/mol. The molecule has 0 saturated heterocycles. The molecule has 4 nitrogen and oxygen atoms in total. The van der Waals surface area contributed by atoms with Crippen LogP contribution in [0.25, 0.3) is 0 Å². The van der Waals surface area contributed by atoms with E-state index in [0.29, 0.717) is 24.5 Å². The first-order chi connectivity index (χ1) is 8.63. The van der Waals surface area contributed by atoms with E-state index < -0.39 is 12.5 Å². The van der Waals surface area contributed by atoms with E-state index in [9.17, 15) is 13.9 Å². The van der Waals surface area contributed by atoms with E-state index in [1.807, 2.05) is 0 Å². The molecule has 6 heteroatoms. The van der Waals surface area contributed by atoms with Crippen LogP contribution in [0, 0.1) is 0 Å². The Morgan fingerprint density at radius 1 is 1.33 bits per heavy atom. The summed E-state index contributed by atoms with van der Waals surface area (Å²) < 4.78 is 36.2. The fourth-order valence-electron chi connectivity index (χ4n) is 1.88. The van der Waals surface area contributed by atoms with E-state index in [2.05, 4.69) is 5.32 Å². The number of halogens is 2. The van der Waals surface area contributed by atoms with Gasteiger partial charge in [-0.05, 0) is 19.2 Å². The summed E-state index contributed by atoms with van der Waals surface area (Å²) in [5.41, 5.74) is 0.154. The Kier molecular flexibility index (Phi) is 3.98. The van der Waals surface area contributed by atoms with Crippen LogP contribution < -0.4 is 14.8 Å². The molecule has 0 bridgehead atoms. The summed E-state index contributed by atoms with van der Waals surface area (Å²) in [6.07, 6.45) is -3.52. The van der Waals surface area contributed by atoms with E-state index in [1.54, 1.807) is 7.05 Å². The van der Waals surface area contributed by atoms with Gasteiger partial charge in [-0.2, -0.15) is 0 Å². The third-order valence-corrected chi connectivity index (χ3v) is 2.70. The lowest BCUT2D eigenvalue weighted by Crippen LogP contribution is -2.21. The monoisotopic (exact) mass is 259 g/mol. The van der Waals surface area contributed by atoms with Gasteiger partial charge in [0.2, 0.25) is 0 Å². The van der Waals surface area contributed by atoms with Crippen molar-refractivity contribution in [3.8, 4) is 11.5 Å². The zero-order valence-corrected chi connectivity index (χ0v) is 9.95. The molecule has 0 fully saturated rings. The van der Waals surface area contributed by atoms with Gasteiger partial charge >= 0.3 is 0 Å². The lowest BCUT2D eigenvalue weighted by atomic mass is 10.0. The number of ether oxygens (including phenoxy) is 2. The van der Waals surface area contributed by atoms with Gasteiger partial charge in [-0.1, -0.05) is 0 Å². The maximum atomic E-state index is 12.8. The second kappa shape index (κ2) is 5.49. The maximum Gasteiger partial charge on any atom is 0.263 e. The highest BCUT2D eigenvalue weighted by Gasteiger charge is 2.24. The SMILES string of the molecule is CNCC(O)c1cc(C(F)F)cc2c1OCCO2. The summed E-state index contributed by atoms with van der Waals surface area (Å²) in [7, 11) is 1.67. The van der Waals surface area contributed by atoms with E-state index in [4.69, 9.17) is 9.47 Å². The van der Waals surface area contributed by atoms with Crippen molar-refractivity contribution < 1.29 is 23.4 Å². The van der Waals surface area contributed by atoms with Crippen LogP contribution in [-0.2, 0) is 0 Å². The third kappa shape index (κ3) is 2.54. The van der Waals surface area contributed by atoms with Gasteiger partial charge in [0.1, 0.15) is 13.2 Å². The Hall–Kier alpha value is -1.40. The number of rotatable bonds is 4. The summed E-state index contributed by atoms with van der Waals surface area (Å²) in [5.74, 6) is 0.623. The van der Waals surface area contributed by atoms with Gasteiger partial charge < -0.3 is 19.9 Å². The molecule has 1 aromatic carbocycles. The quantitative estimate of drug-likeness (QED) is 0.863. The lowest BCUT2D eigenvalue weighted by molar-refractivity contribution is 0.136. The average Bonchev–Trinajstić information content (AvgIpc) is 2.37. The van der Waals surface area contributed by atoms with Crippen molar-refractivity contribution in [2.45, 2.75) is 12.5 Å². The summed E-state index contributed by atoms with van der Waals surface area (Å²) in [4.78, 5) is 0. The number of benzene rings is 1. The smallest absolute Gasteiger partial charge is 0.263 e. The van der Waals surface area contributed by atoms with Gasteiger partial charge in [0.05, 0.1) is 6.10 Å². The first-order valence-corrected chi connectivity index (χ1v) is 5.67. The number of fused-ring (bicyclic) bond motifs is 1. The van der Waals surface area contributed by atoms with Gasteiger partial charge in [-0.25, -0.2) is 8.78 Å². The van der Waals surface area contributed by atoms with Gasteiger partial charge in [0, 0.05) is 17.7 Å². The summed E-state index contributed by atoms with van der Waals surface area (Å²) in [6.45, 7) is 0.921. The molecule has 0 amide bonds. The summed E-state index contributed by atoms with van der Waals surface area (Å²) >= 11 is 0. The topological polar surface area (TPSA) is 50.7 Å². The van der Waals surface area contributed by atoms with Crippen molar-refractivity contribution >= 4 is 0 Å². The Bertz CT molecular complexity index is 426. The second-order valence-electron chi connectivity index (χ2n) is 4.01. The molecule has 1 aromatic rings. The molecule has 18 heavy (non-hydrogen) atoms. The molecule has 100 valence electrons. The van der Waals surface area contributed by atoms with Crippen molar-refractivity contribution in [2.75, 3.05) is 26.8 Å². The zero-order chi connectivity index (χ0) is 13.1. The predicted octanol–water partition coefficient (Wildman–Crippen LogP) is 1.65. The highest BCUT2D eigenvalue weighted by Crippen LogP contribution is 2.40. The number of likely N-dealkylation sites (N-methyl/N-ethyl adjacent to an activating group) is 1.